The van der Waals surface area contributed by atoms with E-state index in [1.165, 1.54) is 12.8 Å². The molecule has 2 aromatic rings. The van der Waals surface area contributed by atoms with Gasteiger partial charge in [0.1, 0.15) is 11.4 Å². The molecular weight excluding hydrogens is 372 g/mol. The van der Waals surface area contributed by atoms with Crippen molar-refractivity contribution in [1.29, 1.82) is 0 Å². The van der Waals surface area contributed by atoms with E-state index < -0.39 is 0 Å². The van der Waals surface area contributed by atoms with Crippen molar-refractivity contribution in [3.8, 4) is 5.75 Å². The number of carbonyl (C=O) groups excluding carboxylic acids is 1. The Balaban J connectivity index is 2.09. The molecule has 0 saturated carbocycles. The molecule has 1 aliphatic heterocycles. The van der Waals surface area contributed by atoms with Gasteiger partial charge in [0.05, 0.1) is 7.11 Å². The zero-order valence-corrected chi connectivity index (χ0v) is 20.0. The van der Waals surface area contributed by atoms with E-state index in [2.05, 4.69) is 51.4 Å². The number of amides is 1. The second-order valence-electron chi connectivity index (χ2n) is 9.97. The first kappa shape index (κ1) is 22.7. The Hall–Kier alpha value is -1.97. The molecule has 1 N–H and O–H groups in total. The molecule has 0 bridgehead atoms. The number of ether oxygens (including phenoxy) is 1. The molecule has 0 spiro atoms. The van der Waals surface area contributed by atoms with Gasteiger partial charge in [0.2, 0.25) is 0 Å². The highest BCUT2D eigenvalue weighted by Gasteiger charge is 2.57. The number of rotatable bonds is 8. The normalized spacial score (nSPS) is 18.0. The average Bonchev–Trinajstić information content (AvgIpc) is 3.28. The van der Waals surface area contributed by atoms with E-state index in [-0.39, 0.29) is 16.9 Å². The van der Waals surface area contributed by atoms with Gasteiger partial charge in [-0.05, 0) is 54.7 Å². The number of methoxy groups -OCH3 is 1. The lowest BCUT2D eigenvalue weighted by Crippen LogP contribution is -2.54. The number of fused-ring (bicyclic) bond motifs is 1. The summed E-state index contributed by atoms with van der Waals surface area (Å²) < 4.78 is 5.52. The van der Waals surface area contributed by atoms with Crippen molar-refractivity contribution in [2.75, 3.05) is 13.7 Å². The van der Waals surface area contributed by atoms with Gasteiger partial charge in [-0.2, -0.15) is 0 Å². The van der Waals surface area contributed by atoms with Crippen LogP contribution < -0.4 is 4.74 Å². The summed E-state index contributed by atoms with van der Waals surface area (Å²) in [6, 6.07) is 7.89. The second kappa shape index (κ2) is 8.64. The standard InChI is InChI=1S/C26H40N2O2/c1-8-13-25(14-9-2)16-26(18(3)4,19(5)6)28(17-25)24(29)22-15-20-21(27-22)11-10-12-23(20)30-7/h10-12,15,18-19,27H,8-9,13-14,16-17H2,1-7H3. The molecule has 0 aliphatic carbocycles. The third kappa shape index (κ3) is 3.63. The van der Waals surface area contributed by atoms with Gasteiger partial charge < -0.3 is 14.6 Å². The molecule has 1 amide bonds. The van der Waals surface area contributed by atoms with Crippen LogP contribution in [0, 0.1) is 17.3 Å². The first-order chi connectivity index (χ1) is 14.2. The Morgan fingerprint density at radius 3 is 2.30 bits per heavy atom. The second-order valence-corrected chi connectivity index (χ2v) is 9.97. The van der Waals surface area contributed by atoms with E-state index >= 15 is 0 Å². The zero-order chi connectivity index (χ0) is 22.1. The van der Waals surface area contributed by atoms with Crippen molar-refractivity contribution in [2.45, 2.75) is 79.2 Å². The minimum atomic E-state index is -0.122. The molecule has 1 aromatic carbocycles. The summed E-state index contributed by atoms with van der Waals surface area (Å²) in [4.78, 5) is 19.6. The van der Waals surface area contributed by atoms with E-state index in [0.29, 0.717) is 17.5 Å². The lowest BCUT2D eigenvalue weighted by atomic mass is 9.67. The van der Waals surface area contributed by atoms with Gasteiger partial charge >= 0.3 is 0 Å². The number of benzene rings is 1. The SMILES string of the molecule is CCCC1(CCC)CN(C(=O)c2cc3c(OC)cccc3[nH]2)C(C(C)C)(C(C)C)C1. The molecule has 0 unspecified atom stereocenters. The summed E-state index contributed by atoms with van der Waals surface area (Å²) in [5, 5.41) is 0.968. The predicted molar refractivity (Wildman–Crippen MR) is 125 cm³/mol. The molecule has 0 radical (unpaired) electrons. The molecule has 30 heavy (non-hydrogen) atoms. The third-order valence-corrected chi connectivity index (χ3v) is 7.53. The van der Waals surface area contributed by atoms with Gasteiger partial charge in [0.25, 0.3) is 5.91 Å². The number of likely N-dealkylation sites (tertiary alicyclic amines) is 1. The number of aromatic nitrogens is 1. The maximum Gasteiger partial charge on any atom is 0.270 e. The summed E-state index contributed by atoms with van der Waals surface area (Å²) in [6.07, 6.45) is 5.81. The van der Waals surface area contributed by atoms with Crippen LogP contribution >= 0.6 is 0 Å². The third-order valence-electron chi connectivity index (χ3n) is 7.53. The Kier molecular flexibility index (Phi) is 6.54. The minimum absolute atomic E-state index is 0.122. The molecule has 3 rings (SSSR count). The number of hydrogen-bond donors (Lipinski definition) is 1. The molecule has 2 heterocycles. The summed E-state index contributed by atoms with van der Waals surface area (Å²) in [7, 11) is 1.68. The van der Waals surface area contributed by atoms with Gasteiger partial charge in [-0.3, -0.25) is 4.79 Å². The van der Waals surface area contributed by atoms with Crippen LogP contribution in [0.1, 0.15) is 84.1 Å². The topological polar surface area (TPSA) is 45.3 Å². The van der Waals surface area contributed by atoms with E-state index in [0.717, 1.165) is 42.5 Å². The highest BCUT2D eigenvalue weighted by Crippen LogP contribution is 2.54. The number of nitrogens with zero attached hydrogens (tertiary/aromatic N) is 1. The maximum atomic E-state index is 14.0. The average molecular weight is 413 g/mol. The molecule has 1 fully saturated rings. The van der Waals surface area contributed by atoms with E-state index in [4.69, 9.17) is 4.74 Å². The molecule has 0 atom stereocenters. The van der Waals surface area contributed by atoms with Gasteiger partial charge in [-0.1, -0.05) is 60.5 Å². The molecule has 1 aliphatic rings. The molecular formula is C26H40N2O2. The Morgan fingerprint density at radius 1 is 1.13 bits per heavy atom. The highest BCUT2D eigenvalue weighted by atomic mass is 16.5. The van der Waals surface area contributed by atoms with Crippen LogP contribution in [0.5, 0.6) is 5.75 Å². The van der Waals surface area contributed by atoms with Gasteiger partial charge in [0, 0.05) is 23.0 Å². The zero-order valence-electron chi connectivity index (χ0n) is 20.0. The van der Waals surface area contributed by atoms with Crippen LogP contribution in [0.25, 0.3) is 10.9 Å². The molecule has 4 heteroatoms. The van der Waals surface area contributed by atoms with Crippen molar-refractivity contribution in [2.24, 2.45) is 17.3 Å². The number of nitrogens with one attached hydrogen (secondary N) is 1. The largest absolute Gasteiger partial charge is 0.496 e. The van der Waals surface area contributed by atoms with Gasteiger partial charge in [-0.25, -0.2) is 0 Å². The number of hydrogen-bond acceptors (Lipinski definition) is 2. The molecule has 4 nitrogen and oxygen atoms in total. The van der Waals surface area contributed by atoms with Crippen molar-refractivity contribution in [1.82, 2.24) is 9.88 Å². The predicted octanol–water partition coefficient (Wildman–Crippen LogP) is 6.66. The summed E-state index contributed by atoms with van der Waals surface area (Å²) in [5.41, 5.74) is 1.72. The fraction of sp³-hybridized carbons (Fsp3) is 0.654. The smallest absolute Gasteiger partial charge is 0.270 e. The first-order valence-corrected chi connectivity index (χ1v) is 11.7. The lowest BCUT2D eigenvalue weighted by Gasteiger charge is -2.45. The van der Waals surface area contributed by atoms with Crippen LogP contribution in [0.4, 0.5) is 0 Å². The minimum Gasteiger partial charge on any atom is -0.496 e. The first-order valence-electron chi connectivity index (χ1n) is 11.7. The van der Waals surface area contributed by atoms with Crippen LogP contribution in [0.15, 0.2) is 24.3 Å². The monoisotopic (exact) mass is 412 g/mol. The molecule has 166 valence electrons. The van der Waals surface area contributed by atoms with Crippen molar-refractivity contribution < 1.29 is 9.53 Å². The number of H-pyrrole nitrogens is 1. The Labute approximate surface area is 182 Å². The quantitative estimate of drug-likeness (QED) is 0.527. The van der Waals surface area contributed by atoms with Crippen LogP contribution in [-0.4, -0.2) is 35.0 Å². The van der Waals surface area contributed by atoms with E-state index in [1.54, 1.807) is 7.11 Å². The maximum absolute atomic E-state index is 14.0. The molecule has 1 aromatic heterocycles. The summed E-state index contributed by atoms with van der Waals surface area (Å²) in [6.45, 7) is 14.6. The fourth-order valence-corrected chi connectivity index (χ4v) is 6.28. The fourth-order valence-electron chi connectivity index (χ4n) is 6.28. The number of aromatic amines is 1. The van der Waals surface area contributed by atoms with Crippen molar-refractivity contribution in [3.05, 3.63) is 30.0 Å². The molecule has 1 saturated heterocycles. The van der Waals surface area contributed by atoms with Crippen molar-refractivity contribution >= 4 is 16.8 Å². The Bertz CT molecular complexity index is 866. The van der Waals surface area contributed by atoms with Crippen LogP contribution in [0.3, 0.4) is 0 Å². The van der Waals surface area contributed by atoms with Gasteiger partial charge in [-0.15, -0.1) is 0 Å². The number of carbonyl (C=O) groups is 1. The lowest BCUT2D eigenvalue weighted by molar-refractivity contribution is 0.0291. The summed E-state index contributed by atoms with van der Waals surface area (Å²) >= 11 is 0. The van der Waals surface area contributed by atoms with Crippen LogP contribution in [0.2, 0.25) is 0 Å². The van der Waals surface area contributed by atoms with E-state index in [1.807, 2.05) is 24.3 Å². The van der Waals surface area contributed by atoms with E-state index in [9.17, 15) is 4.79 Å². The van der Waals surface area contributed by atoms with Crippen molar-refractivity contribution in [3.63, 3.8) is 0 Å². The summed E-state index contributed by atoms with van der Waals surface area (Å²) in [5.74, 6) is 1.73. The van der Waals surface area contributed by atoms with Gasteiger partial charge in [0.15, 0.2) is 0 Å². The van der Waals surface area contributed by atoms with Crippen LogP contribution in [-0.2, 0) is 0 Å². The highest BCUT2D eigenvalue weighted by molar-refractivity contribution is 6.00. The Morgan fingerprint density at radius 2 is 1.77 bits per heavy atom.